The number of aromatic nitrogens is 1. The van der Waals surface area contributed by atoms with Crippen LogP contribution < -0.4 is 10.6 Å². The molecule has 0 bridgehead atoms. The lowest BCUT2D eigenvalue weighted by atomic mass is 10.1. The predicted molar refractivity (Wildman–Crippen MR) is 127 cm³/mol. The molecule has 0 aliphatic carbocycles. The zero-order valence-corrected chi connectivity index (χ0v) is 19.5. The molecule has 0 unspecified atom stereocenters. The smallest absolute Gasteiger partial charge is 0.191 e. The number of pyridine rings is 1. The fourth-order valence-electron chi connectivity index (χ4n) is 3.32. The Morgan fingerprint density at radius 1 is 1.04 bits per heavy atom. The molecular formula is C21H34IN5. The van der Waals surface area contributed by atoms with Crippen LogP contribution in [0, 0.1) is 0 Å². The highest BCUT2D eigenvalue weighted by Crippen LogP contribution is 2.15. The van der Waals surface area contributed by atoms with Crippen molar-refractivity contribution in [3.8, 4) is 0 Å². The molecule has 1 aromatic carbocycles. The molecule has 2 aromatic rings. The Bertz CT molecular complexity index is 701. The number of rotatable bonds is 8. The maximum atomic E-state index is 4.52. The second-order valence-electron chi connectivity index (χ2n) is 7.09. The van der Waals surface area contributed by atoms with Gasteiger partial charge in [-0.15, -0.1) is 24.0 Å². The van der Waals surface area contributed by atoms with Gasteiger partial charge in [0.1, 0.15) is 0 Å². The van der Waals surface area contributed by atoms with E-state index < -0.39 is 0 Å². The largest absolute Gasteiger partial charge is 0.356 e. The van der Waals surface area contributed by atoms with E-state index in [1.807, 2.05) is 19.3 Å². The zero-order chi connectivity index (χ0) is 18.9. The average molecular weight is 483 g/mol. The van der Waals surface area contributed by atoms with Gasteiger partial charge in [0, 0.05) is 50.3 Å². The van der Waals surface area contributed by atoms with Crippen LogP contribution in [0.25, 0.3) is 10.9 Å². The fourth-order valence-corrected chi connectivity index (χ4v) is 3.32. The number of fused-ring (bicyclic) bond motifs is 1. The van der Waals surface area contributed by atoms with Crippen molar-refractivity contribution in [2.24, 2.45) is 4.99 Å². The summed E-state index contributed by atoms with van der Waals surface area (Å²) >= 11 is 0. The number of nitrogens with one attached hydrogen (secondary N) is 2. The van der Waals surface area contributed by atoms with Gasteiger partial charge in [0.15, 0.2) is 5.96 Å². The van der Waals surface area contributed by atoms with Crippen LogP contribution in [0.15, 0.2) is 41.5 Å². The first-order valence-corrected chi connectivity index (χ1v) is 9.55. The Morgan fingerprint density at radius 3 is 2.37 bits per heavy atom. The topological polar surface area (TPSA) is 52.6 Å². The van der Waals surface area contributed by atoms with Gasteiger partial charge in [-0.05, 0) is 45.7 Å². The summed E-state index contributed by atoms with van der Waals surface area (Å²) in [5.74, 6) is 0.852. The molecule has 0 saturated heterocycles. The third-order valence-electron chi connectivity index (χ3n) is 4.62. The highest BCUT2D eigenvalue weighted by atomic mass is 127. The SMILES string of the molecule is CN=C(NCCc1cccc2cccnc12)NCCN(C(C)C)C(C)C.I. The summed E-state index contributed by atoms with van der Waals surface area (Å²) in [5, 5.41) is 8.01. The van der Waals surface area contributed by atoms with Crippen LogP contribution in [-0.2, 0) is 6.42 Å². The van der Waals surface area contributed by atoms with Crippen molar-refractivity contribution < 1.29 is 0 Å². The number of halogens is 1. The lowest BCUT2D eigenvalue weighted by Gasteiger charge is -2.30. The molecule has 1 heterocycles. The van der Waals surface area contributed by atoms with Crippen molar-refractivity contribution in [3.05, 3.63) is 42.1 Å². The third kappa shape index (κ3) is 7.25. The summed E-state index contributed by atoms with van der Waals surface area (Å²) in [5.41, 5.74) is 2.35. The van der Waals surface area contributed by atoms with Gasteiger partial charge in [-0.25, -0.2) is 0 Å². The van der Waals surface area contributed by atoms with E-state index in [1.165, 1.54) is 10.9 Å². The zero-order valence-electron chi connectivity index (χ0n) is 17.2. The van der Waals surface area contributed by atoms with E-state index in [-0.39, 0.29) is 24.0 Å². The highest BCUT2D eigenvalue weighted by molar-refractivity contribution is 14.0. The molecular weight excluding hydrogens is 449 g/mol. The van der Waals surface area contributed by atoms with Crippen molar-refractivity contribution in [3.63, 3.8) is 0 Å². The second-order valence-corrected chi connectivity index (χ2v) is 7.09. The average Bonchev–Trinajstić information content (AvgIpc) is 2.63. The normalized spacial score (nSPS) is 11.9. The molecule has 1 aromatic heterocycles. The van der Waals surface area contributed by atoms with Gasteiger partial charge in [0.25, 0.3) is 0 Å². The monoisotopic (exact) mass is 483 g/mol. The van der Waals surface area contributed by atoms with E-state index >= 15 is 0 Å². The number of aliphatic imine (C=N–C) groups is 1. The molecule has 0 fully saturated rings. The van der Waals surface area contributed by atoms with Crippen LogP contribution in [0.3, 0.4) is 0 Å². The molecule has 0 saturated carbocycles. The molecule has 0 aliphatic heterocycles. The van der Waals surface area contributed by atoms with Crippen molar-refractivity contribution in [1.82, 2.24) is 20.5 Å². The van der Waals surface area contributed by atoms with E-state index in [9.17, 15) is 0 Å². The molecule has 5 nitrogen and oxygen atoms in total. The molecule has 150 valence electrons. The van der Waals surface area contributed by atoms with Crippen molar-refractivity contribution in [2.75, 3.05) is 26.7 Å². The van der Waals surface area contributed by atoms with Crippen molar-refractivity contribution in [1.29, 1.82) is 0 Å². The van der Waals surface area contributed by atoms with Gasteiger partial charge in [-0.3, -0.25) is 14.9 Å². The minimum Gasteiger partial charge on any atom is -0.356 e. The maximum absolute atomic E-state index is 4.52. The molecule has 27 heavy (non-hydrogen) atoms. The molecule has 0 spiro atoms. The number of hydrogen-bond acceptors (Lipinski definition) is 3. The van der Waals surface area contributed by atoms with Gasteiger partial charge >= 0.3 is 0 Å². The first-order valence-electron chi connectivity index (χ1n) is 9.55. The fraction of sp³-hybridized carbons (Fsp3) is 0.524. The van der Waals surface area contributed by atoms with E-state index in [0.29, 0.717) is 12.1 Å². The molecule has 2 N–H and O–H groups in total. The van der Waals surface area contributed by atoms with Crippen LogP contribution >= 0.6 is 24.0 Å². The number of benzene rings is 1. The van der Waals surface area contributed by atoms with Crippen LogP contribution in [0.5, 0.6) is 0 Å². The summed E-state index contributed by atoms with van der Waals surface area (Å²) in [6.07, 6.45) is 2.77. The molecule has 6 heteroatoms. The van der Waals surface area contributed by atoms with Gasteiger partial charge in [-0.1, -0.05) is 24.3 Å². The Morgan fingerprint density at radius 2 is 1.70 bits per heavy atom. The van der Waals surface area contributed by atoms with E-state index in [4.69, 9.17) is 0 Å². The van der Waals surface area contributed by atoms with Crippen LogP contribution in [0.1, 0.15) is 33.3 Å². The van der Waals surface area contributed by atoms with Crippen molar-refractivity contribution >= 4 is 40.8 Å². The minimum atomic E-state index is 0. The van der Waals surface area contributed by atoms with E-state index in [2.05, 4.69) is 77.5 Å². The molecule has 0 radical (unpaired) electrons. The predicted octanol–water partition coefficient (Wildman–Crippen LogP) is 3.68. The van der Waals surface area contributed by atoms with E-state index in [1.54, 1.807) is 0 Å². The highest BCUT2D eigenvalue weighted by Gasteiger charge is 2.12. The molecule has 2 rings (SSSR count). The second kappa shape index (κ2) is 12.1. The maximum Gasteiger partial charge on any atom is 0.191 e. The molecule has 0 atom stereocenters. The Labute approximate surface area is 181 Å². The van der Waals surface area contributed by atoms with Gasteiger partial charge < -0.3 is 10.6 Å². The van der Waals surface area contributed by atoms with Crippen LogP contribution in [0.2, 0.25) is 0 Å². The Kier molecular flexibility index (Phi) is 10.6. The summed E-state index contributed by atoms with van der Waals surface area (Å²) in [4.78, 5) is 11.3. The Balaban J connectivity index is 0.00000364. The number of nitrogens with zero attached hydrogens (tertiary/aromatic N) is 3. The number of guanidine groups is 1. The van der Waals surface area contributed by atoms with Crippen LogP contribution in [0.4, 0.5) is 0 Å². The standard InChI is InChI=1S/C21H33N5.HI/c1-16(2)26(17(3)4)15-14-25-21(22-5)24-13-11-19-9-6-8-18-10-7-12-23-20(18)19;/h6-10,12,16-17H,11,13-15H2,1-5H3,(H2,22,24,25);1H. The lowest BCUT2D eigenvalue weighted by Crippen LogP contribution is -2.45. The van der Waals surface area contributed by atoms with Crippen molar-refractivity contribution in [2.45, 2.75) is 46.2 Å². The van der Waals surface area contributed by atoms with Gasteiger partial charge in [0.2, 0.25) is 0 Å². The molecule has 0 amide bonds. The first kappa shape index (κ1) is 23.6. The lowest BCUT2D eigenvalue weighted by molar-refractivity contribution is 0.178. The summed E-state index contributed by atoms with van der Waals surface area (Å²) < 4.78 is 0. The van der Waals surface area contributed by atoms with Gasteiger partial charge in [-0.2, -0.15) is 0 Å². The van der Waals surface area contributed by atoms with Crippen LogP contribution in [-0.4, -0.2) is 54.6 Å². The minimum absolute atomic E-state index is 0. The quantitative estimate of drug-likeness (QED) is 0.342. The third-order valence-corrected chi connectivity index (χ3v) is 4.62. The number of hydrogen-bond donors (Lipinski definition) is 2. The molecule has 0 aliphatic rings. The van der Waals surface area contributed by atoms with Gasteiger partial charge in [0.05, 0.1) is 5.52 Å². The first-order chi connectivity index (χ1) is 12.5. The summed E-state index contributed by atoms with van der Waals surface area (Å²) in [6.45, 7) is 11.7. The Hall–Kier alpha value is -1.41. The van der Waals surface area contributed by atoms with E-state index in [0.717, 1.165) is 37.5 Å². The summed E-state index contributed by atoms with van der Waals surface area (Å²) in [6, 6.07) is 11.5. The summed E-state index contributed by atoms with van der Waals surface area (Å²) in [7, 11) is 1.82. The number of para-hydroxylation sites is 1.